The molecule has 6 heterocycles. The van der Waals surface area contributed by atoms with Crippen LogP contribution in [-0.4, -0.2) is 33.3 Å². The molecule has 6 aliphatic rings. The average Bonchev–Trinajstić information content (AvgIpc) is 3.33. The number of hydrogen-bond acceptors (Lipinski definition) is 0. The molecule has 6 aliphatic heterocycles. The Morgan fingerprint density at radius 2 is 0.233 bits per heavy atom. The summed E-state index contributed by atoms with van der Waals surface area (Å²) in [5.41, 5.74) is 11.1. The van der Waals surface area contributed by atoms with Crippen molar-refractivity contribution in [1.82, 2.24) is 0 Å². The highest BCUT2D eigenvalue weighted by Gasteiger charge is 2.58. The number of benzene rings is 8. The van der Waals surface area contributed by atoms with Gasteiger partial charge < -0.3 is 0 Å². The van der Waals surface area contributed by atoms with Crippen LogP contribution < -0.4 is 0 Å². The van der Waals surface area contributed by atoms with Gasteiger partial charge in [-0.2, -0.15) is 0 Å². The molecular weight excluding hydrogens is 785 g/mol. The molecule has 4 radical (unpaired) electrons. The van der Waals surface area contributed by atoms with Crippen LogP contribution in [0.2, 0.25) is 0 Å². The van der Waals surface area contributed by atoms with Crippen LogP contribution in [0, 0.1) is 0 Å². The molecule has 0 fully saturated rings. The van der Waals surface area contributed by atoms with Crippen molar-refractivity contribution in [2.75, 3.05) is 0 Å². The van der Waals surface area contributed by atoms with Crippen molar-refractivity contribution >= 4 is 74.8 Å². The van der Waals surface area contributed by atoms with Crippen molar-refractivity contribution in [2.45, 2.75) is 0 Å². The van der Waals surface area contributed by atoms with E-state index in [1.807, 2.05) is 0 Å². The van der Waals surface area contributed by atoms with E-state index in [4.69, 9.17) is 0 Å². The lowest BCUT2D eigenvalue weighted by molar-refractivity contribution is 1.58. The molecule has 0 spiro atoms. The molecule has 0 unspecified atom stereocenters. The molecule has 0 saturated carbocycles. The van der Waals surface area contributed by atoms with Gasteiger partial charge >= 0.3 is 0 Å². The van der Waals surface area contributed by atoms with E-state index in [-0.39, 0.29) is 0 Å². The fraction of sp³-hybridized carbons (Fsp3) is 0. The van der Waals surface area contributed by atoms with Gasteiger partial charge in [0.25, 0.3) is 0 Å². The Hall–Kier alpha value is -6.41. The van der Waals surface area contributed by atoms with Gasteiger partial charge in [-0.15, -0.1) is 0 Å². The Morgan fingerprint density at radius 3 is 0.333 bits per heavy atom. The smallest absolute Gasteiger partial charge is 0.0622 e. The normalized spacial score (nSPS) is 16.1. The number of hydrogen-bond donors (Lipinski definition) is 0. The molecule has 0 aliphatic carbocycles. The summed E-state index contributed by atoms with van der Waals surface area (Å²) in [5, 5.41) is 13.1. The van der Waals surface area contributed by atoms with Crippen LogP contribution in [0.15, 0.2) is 243 Å². The van der Waals surface area contributed by atoms with Gasteiger partial charge in [-0.3, -0.25) is 0 Å². The molecule has 60 heavy (non-hydrogen) atoms. The van der Waals surface area contributed by atoms with Crippen LogP contribution in [0.1, 0.15) is 44.5 Å². The largest absolute Gasteiger partial charge is 0.122 e. The third-order valence-electron chi connectivity index (χ3n) is 12.0. The highest BCUT2D eigenvalue weighted by atomic mass is 29.2. The van der Waals surface area contributed by atoms with E-state index < -0.39 is 33.3 Å². The zero-order valence-electron chi connectivity index (χ0n) is 33.1. The summed E-state index contributed by atoms with van der Waals surface area (Å²) in [6.07, 6.45) is 0. The van der Waals surface area contributed by atoms with Gasteiger partial charge in [0.05, 0.1) is 0 Å². The third kappa shape index (κ3) is 6.23. The third-order valence-corrected chi connectivity index (χ3v) is 31.3. The highest BCUT2D eigenvalue weighted by molar-refractivity contribution is 7.62. The van der Waals surface area contributed by atoms with Crippen molar-refractivity contribution in [3.63, 3.8) is 0 Å². The van der Waals surface area contributed by atoms with Gasteiger partial charge in [0, 0.05) is 0 Å². The first-order chi connectivity index (χ1) is 29.9. The molecule has 4 heteroatoms. The molecule has 14 rings (SSSR count). The second kappa shape index (κ2) is 16.0. The second-order valence-electron chi connectivity index (χ2n) is 15.4. The molecule has 4 bridgehead atoms. The zero-order chi connectivity index (χ0) is 39.8. The lowest BCUT2D eigenvalue weighted by atomic mass is 10.1. The molecule has 0 nitrogen and oxygen atoms in total. The van der Waals surface area contributed by atoms with E-state index in [2.05, 4.69) is 243 Å². The Morgan fingerprint density at radius 1 is 0.133 bits per heavy atom. The predicted molar refractivity (Wildman–Crippen MR) is 262 cm³/mol. The van der Waals surface area contributed by atoms with Gasteiger partial charge in [0.15, 0.2) is 0 Å². The molecule has 8 aromatic carbocycles. The minimum absolute atomic E-state index is 1.39. The predicted octanol–water partition coefficient (Wildman–Crippen LogP) is 12.9. The molecule has 0 N–H and O–H groups in total. The Kier molecular flexibility index (Phi) is 9.76. The minimum atomic E-state index is -1.69. The van der Waals surface area contributed by atoms with Crippen molar-refractivity contribution < 1.29 is 0 Å². The fourth-order valence-electron chi connectivity index (χ4n) is 9.65. The Labute approximate surface area is 359 Å². The van der Waals surface area contributed by atoms with E-state index in [1.54, 1.807) is 41.6 Å². The van der Waals surface area contributed by atoms with E-state index in [0.29, 0.717) is 0 Å². The van der Waals surface area contributed by atoms with Crippen molar-refractivity contribution in [3.8, 4) is 0 Å². The minimum Gasteiger partial charge on any atom is -0.0622 e. The van der Waals surface area contributed by atoms with Gasteiger partial charge in [-0.05, 0) is 44.5 Å². The first-order valence-corrected chi connectivity index (χ1v) is 28.8. The molecular formula is C56H40Si4. The fourth-order valence-corrected chi connectivity index (χ4v) is 37.9. The maximum absolute atomic E-state index is 2.43. The first-order valence-electron chi connectivity index (χ1n) is 20.8. The van der Waals surface area contributed by atoms with Crippen molar-refractivity contribution in [3.05, 3.63) is 287 Å². The zero-order valence-corrected chi connectivity index (χ0v) is 37.1. The lowest BCUT2D eigenvalue weighted by Gasteiger charge is -2.51. The second-order valence-corrected chi connectivity index (χ2v) is 28.4. The van der Waals surface area contributed by atoms with Crippen LogP contribution >= 0.6 is 0 Å². The number of rotatable bonds is 8. The lowest BCUT2D eigenvalue weighted by Crippen LogP contribution is -2.58. The molecule has 0 aromatic heterocycles. The van der Waals surface area contributed by atoms with Gasteiger partial charge in [-0.25, -0.2) is 0 Å². The van der Waals surface area contributed by atoms with Crippen LogP contribution in [0.5, 0.6) is 0 Å². The standard InChI is InChI=1S/C56H40Si4/c1-9-25-41(26-10-1)49-50(42-27-11-2-12-28-42)58-52(44-31-15-4-16-32-44)51(43-29-13-3-14-30-43)57(49)59-53(45-33-17-5-18-34-45)55(47-37-21-7-22-38-47)60(58)56(48-39-23-8-24-40-48)54(59)46-35-19-6-20-36-46/h1-40H. The molecule has 0 amide bonds. The van der Waals surface area contributed by atoms with Crippen LogP contribution in [0.25, 0.3) is 41.6 Å². The summed E-state index contributed by atoms with van der Waals surface area (Å²) in [6, 6.07) is 92.9. The van der Waals surface area contributed by atoms with Gasteiger partial charge in [-0.1, -0.05) is 284 Å². The Balaban J connectivity index is 1.42. The SMILES string of the molecule is c1ccc(C2=C(c3ccccc3)[Si]3C(c4ccccc4)=C(c4ccccc4)[Si]2[Si]2C(c4ccccc4)=C(c4ccccc4)[Si]3C(c3ccccc3)=C2c2ccccc2)cc1. The molecule has 8 aromatic rings. The van der Waals surface area contributed by atoms with E-state index in [9.17, 15) is 0 Å². The summed E-state index contributed by atoms with van der Waals surface area (Å²) in [7, 11) is -6.74. The van der Waals surface area contributed by atoms with E-state index in [0.717, 1.165) is 0 Å². The highest BCUT2D eigenvalue weighted by Crippen LogP contribution is 2.59. The van der Waals surface area contributed by atoms with Crippen LogP contribution in [0.4, 0.5) is 0 Å². The molecule has 0 atom stereocenters. The van der Waals surface area contributed by atoms with Crippen LogP contribution in [0.3, 0.4) is 0 Å². The average molecular weight is 825 g/mol. The summed E-state index contributed by atoms with van der Waals surface area (Å²) >= 11 is 0. The van der Waals surface area contributed by atoms with Crippen molar-refractivity contribution in [1.29, 1.82) is 0 Å². The van der Waals surface area contributed by atoms with Gasteiger partial charge in [0.1, 0.15) is 33.3 Å². The van der Waals surface area contributed by atoms with E-state index >= 15 is 0 Å². The molecule has 280 valence electrons. The summed E-state index contributed by atoms with van der Waals surface area (Å²) in [4.78, 5) is 0. The molecule has 0 saturated heterocycles. The Bertz CT molecular complexity index is 2320. The maximum atomic E-state index is 2.43. The quantitative estimate of drug-likeness (QED) is 0.134. The monoisotopic (exact) mass is 824 g/mol. The first kappa shape index (κ1) is 36.7. The summed E-state index contributed by atoms with van der Waals surface area (Å²) in [5.74, 6) is 0. The van der Waals surface area contributed by atoms with Crippen molar-refractivity contribution in [2.24, 2.45) is 0 Å². The summed E-state index contributed by atoms with van der Waals surface area (Å²) < 4.78 is 0. The van der Waals surface area contributed by atoms with Gasteiger partial charge in [0.2, 0.25) is 0 Å². The van der Waals surface area contributed by atoms with Crippen LogP contribution in [-0.2, 0) is 0 Å². The topological polar surface area (TPSA) is 0 Å². The van der Waals surface area contributed by atoms with E-state index in [1.165, 1.54) is 44.5 Å². The maximum Gasteiger partial charge on any atom is 0.122 e. The summed E-state index contributed by atoms with van der Waals surface area (Å²) in [6.45, 7) is 0.